The van der Waals surface area contributed by atoms with Gasteiger partial charge in [0.1, 0.15) is 11.4 Å². The molecule has 1 amide bonds. The molecule has 1 fully saturated rings. The van der Waals surface area contributed by atoms with Crippen molar-refractivity contribution in [3.05, 3.63) is 41.9 Å². The molecule has 1 N–H and O–H groups in total. The van der Waals surface area contributed by atoms with E-state index in [1.165, 1.54) is 12.3 Å². The Morgan fingerprint density at radius 3 is 2.96 bits per heavy atom. The molecule has 7 nitrogen and oxygen atoms in total. The van der Waals surface area contributed by atoms with E-state index in [0.717, 1.165) is 23.4 Å². The van der Waals surface area contributed by atoms with Gasteiger partial charge in [-0.15, -0.1) is 0 Å². The lowest BCUT2D eigenvalue weighted by Crippen LogP contribution is -2.32. The van der Waals surface area contributed by atoms with Gasteiger partial charge < -0.3 is 14.5 Å². The van der Waals surface area contributed by atoms with Crippen molar-refractivity contribution in [2.24, 2.45) is 0 Å². The van der Waals surface area contributed by atoms with Crippen LogP contribution in [0.2, 0.25) is 0 Å². The molecule has 4 heterocycles. The Morgan fingerprint density at radius 1 is 1.44 bits per heavy atom. The molecule has 10 heteroatoms. The molecule has 4 rings (SSSR count). The molecule has 1 aliphatic rings. The van der Waals surface area contributed by atoms with Gasteiger partial charge in [0, 0.05) is 19.2 Å². The summed E-state index contributed by atoms with van der Waals surface area (Å²) in [5.74, 6) is -0.204. The van der Waals surface area contributed by atoms with E-state index in [4.69, 9.17) is 20.8 Å². The fraction of sp³-hybridized carbons (Fsp3) is 0.353. The van der Waals surface area contributed by atoms with Crippen molar-refractivity contribution in [1.82, 2.24) is 19.9 Å². The second-order valence-corrected chi connectivity index (χ2v) is 6.62. The van der Waals surface area contributed by atoms with E-state index in [2.05, 4.69) is 15.4 Å². The van der Waals surface area contributed by atoms with Gasteiger partial charge in [0.25, 0.3) is 5.91 Å². The monoisotopic (exact) mass is 396 g/mol. The molecule has 0 unspecified atom stereocenters. The number of rotatable bonds is 5. The maximum atomic E-state index is 13.9. The summed E-state index contributed by atoms with van der Waals surface area (Å²) in [7, 11) is 0. The summed E-state index contributed by atoms with van der Waals surface area (Å²) in [5, 5.41) is 2.94. The smallest absolute Gasteiger partial charge is 0.364 e. The van der Waals surface area contributed by atoms with Crippen molar-refractivity contribution in [2.45, 2.75) is 24.3 Å². The predicted octanol–water partition coefficient (Wildman–Crippen LogP) is 3.19. The highest BCUT2D eigenvalue weighted by atomic mass is 35.5. The molecule has 3 aromatic heterocycles. The number of hydrogen-bond acceptors (Lipinski definition) is 5. The van der Waals surface area contributed by atoms with Crippen molar-refractivity contribution < 1.29 is 22.7 Å². The van der Waals surface area contributed by atoms with Gasteiger partial charge in [0.05, 0.1) is 12.4 Å². The fourth-order valence-corrected chi connectivity index (χ4v) is 3.07. The zero-order valence-corrected chi connectivity index (χ0v) is 14.7. The molecule has 1 aliphatic heterocycles. The summed E-state index contributed by atoms with van der Waals surface area (Å²) in [6.45, 7) is 0.999. The molecular formula is C17H15ClF2N4O3. The zero-order chi connectivity index (χ0) is 19.0. The Balaban J connectivity index is 1.68. The number of alkyl halides is 3. The molecule has 0 aliphatic carbocycles. The van der Waals surface area contributed by atoms with Gasteiger partial charge in [-0.3, -0.25) is 4.79 Å². The van der Waals surface area contributed by atoms with Crippen LogP contribution in [0.4, 0.5) is 8.78 Å². The average Bonchev–Trinajstić information content (AvgIpc) is 3.38. The number of furan rings is 1. The standard InChI is InChI=1S/C17H15ClF2N4O3/c18-17(19,20)14-7-11(13-4-2-6-27-13)22-15-8-12(23-24(14)15)16(25)21-9-10-3-1-5-26-10/h2,4,6-8,10H,1,3,5,9H2,(H,21,25)/t10-/m1/s1. The van der Waals surface area contributed by atoms with Crippen LogP contribution in [0.25, 0.3) is 17.1 Å². The molecule has 142 valence electrons. The summed E-state index contributed by atoms with van der Waals surface area (Å²) in [4.78, 5) is 16.6. The molecule has 0 radical (unpaired) electrons. The van der Waals surface area contributed by atoms with Crippen molar-refractivity contribution in [2.75, 3.05) is 13.2 Å². The third kappa shape index (κ3) is 3.65. The predicted molar refractivity (Wildman–Crippen MR) is 91.7 cm³/mol. The van der Waals surface area contributed by atoms with Crippen molar-refractivity contribution in [3.63, 3.8) is 0 Å². The molecule has 3 aromatic rings. The first-order valence-corrected chi connectivity index (χ1v) is 8.71. The van der Waals surface area contributed by atoms with Gasteiger partial charge in [-0.2, -0.15) is 13.9 Å². The number of amides is 1. The highest BCUT2D eigenvalue weighted by Crippen LogP contribution is 2.34. The van der Waals surface area contributed by atoms with Crippen LogP contribution in [0, 0.1) is 0 Å². The summed E-state index contributed by atoms with van der Waals surface area (Å²) in [5.41, 5.74) is -0.437. The topological polar surface area (TPSA) is 81.7 Å². The van der Waals surface area contributed by atoms with Crippen LogP contribution in [-0.4, -0.2) is 39.8 Å². The largest absolute Gasteiger partial charge is 0.463 e. The third-order valence-corrected chi connectivity index (χ3v) is 4.43. The van der Waals surface area contributed by atoms with Crippen LogP contribution in [0.5, 0.6) is 0 Å². The van der Waals surface area contributed by atoms with E-state index in [-0.39, 0.29) is 23.1 Å². The molecule has 27 heavy (non-hydrogen) atoms. The number of carbonyl (C=O) groups is 1. The fourth-order valence-electron chi connectivity index (χ4n) is 2.94. The maximum Gasteiger partial charge on any atom is 0.364 e. The summed E-state index contributed by atoms with van der Waals surface area (Å²) >= 11 is 5.24. The van der Waals surface area contributed by atoms with E-state index in [1.807, 2.05) is 0 Å². The van der Waals surface area contributed by atoms with E-state index >= 15 is 0 Å². The highest BCUT2D eigenvalue weighted by molar-refractivity contribution is 6.21. The Kier molecular flexibility index (Phi) is 4.56. The Bertz CT molecular complexity index is 963. The van der Waals surface area contributed by atoms with E-state index in [9.17, 15) is 13.6 Å². The van der Waals surface area contributed by atoms with Crippen LogP contribution in [0.1, 0.15) is 29.0 Å². The quantitative estimate of drug-likeness (QED) is 0.670. The van der Waals surface area contributed by atoms with Crippen molar-refractivity contribution in [3.8, 4) is 11.5 Å². The minimum atomic E-state index is -3.71. The molecule has 0 spiro atoms. The summed E-state index contributed by atoms with van der Waals surface area (Å²) < 4.78 is 39.3. The van der Waals surface area contributed by atoms with Crippen LogP contribution in [-0.2, 0) is 10.1 Å². The number of nitrogens with one attached hydrogen (secondary N) is 1. The number of hydrogen-bond donors (Lipinski definition) is 1. The number of aromatic nitrogens is 3. The van der Waals surface area contributed by atoms with Crippen LogP contribution in [0.3, 0.4) is 0 Å². The van der Waals surface area contributed by atoms with Crippen LogP contribution < -0.4 is 5.32 Å². The number of ether oxygens (including phenoxy) is 1. The second kappa shape index (κ2) is 6.90. The minimum absolute atomic E-state index is 0.0424. The first kappa shape index (κ1) is 17.9. The van der Waals surface area contributed by atoms with E-state index in [0.29, 0.717) is 18.9 Å². The van der Waals surface area contributed by atoms with Crippen molar-refractivity contribution in [1.29, 1.82) is 0 Å². The second-order valence-electron chi connectivity index (χ2n) is 6.15. The lowest BCUT2D eigenvalue weighted by Gasteiger charge is -2.11. The first-order chi connectivity index (χ1) is 12.9. The third-order valence-electron chi connectivity index (χ3n) is 4.24. The maximum absolute atomic E-state index is 13.9. The highest BCUT2D eigenvalue weighted by Gasteiger charge is 2.33. The van der Waals surface area contributed by atoms with Crippen molar-refractivity contribution >= 4 is 23.2 Å². The molecule has 0 saturated carbocycles. The SMILES string of the molecule is O=C(NC[C@H]1CCCO1)c1cc2nc(-c3ccco3)cc(C(F)(F)Cl)n2n1. The number of carbonyl (C=O) groups excluding carboxylic acids is 1. The Morgan fingerprint density at radius 2 is 2.30 bits per heavy atom. The summed E-state index contributed by atoms with van der Waals surface area (Å²) in [6.07, 6.45) is 3.17. The van der Waals surface area contributed by atoms with Gasteiger partial charge in [0.2, 0.25) is 0 Å². The zero-order valence-electron chi connectivity index (χ0n) is 14.0. The van der Waals surface area contributed by atoms with E-state index < -0.39 is 17.0 Å². The molecule has 0 bridgehead atoms. The number of fused-ring (bicyclic) bond motifs is 1. The molecule has 0 aromatic carbocycles. The normalized spacial score (nSPS) is 17.5. The molecule has 1 atom stereocenters. The van der Waals surface area contributed by atoms with Gasteiger partial charge in [-0.1, -0.05) is 0 Å². The van der Waals surface area contributed by atoms with Crippen LogP contribution >= 0.6 is 11.6 Å². The lowest BCUT2D eigenvalue weighted by molar-refractivity contribution is 0.0841. The number of nitrogens with zero attached hydrogens (tertiary/aromatic N) is 3. The Labute approximate surface area is 157 Å². The van der Waals surface area contributed by atoms with Gasteiger partial charge >= 0.3 is 5.38 Å². The number of halogens is 3. The Hall–Kier alpha value is -2.52. The minimum Gasteiger partial charge on any atom is -0.463 e. The van der Waals surface area contributed by atoms with Gasteiger partial charge in [-0.25, -0.2) is 9.50 Å². The first-order valence-electron chi connectivity index (χ1n) is 8.33. The molecule has 1 saturated heterocycles. The average molecular weight is 397 g/mol. The van der Waals surface area contributed by atoms with Gasteiger partial charge in [-0.05, 0) is 42.6 Å². The molecular weight excluding hydrogens is 382 g/mol. The lowest BCUT2D eigenvalue weighted by atomic mass is 10.2. The summed E-state index contributed by atoms with van der Waals surface area (Å²) in [6, 6.07) is 5.60. The van der Waals surface area contributed by atoms with Gasteiger partial charge in [0.15, 0.2) is 17.1 Å². The van der Waals surface area contributed by atoms with E-state index in [1.54, 1.807) is 12.1 Å². The van der Waals surface area contributed by atoms with Crippen LogP contribution in [0.15, 0.2) is 34.9 Å².